The van der Waals surface area contributed by atoms with Gasteiger partial charge in [0, 0.05) is 0 Å². The van der Waals surface area contributed by atoms with Crippen LogP contribution in [-0.2, 0) is 0 Å². The first-order valence-electron chi connectivity index (χ1n) is 4.75. The smallest absolute Gasteiger partial charge is 0.139 e. The predicted molar refractivity (Wildman–Crippen MR) is 71.3 cm³/mol. The van der Waals surface area contributed by atoms with Crippen LogP contribution < -0.4 is 11.5 Å². The van der Waals surface area contributed by atoms with Crippen molar-refractivity contribution < 1.29 is 10.2 Å². The van der Waals surface area contributed by atoms with Crippen molar-refractivity contribution in [3.63, 3.8) is 0 Å². The maximum absolute atomic E-state index is 9.47. The van der Waals surface area contributed by atoms with E-state index in [2.05, 4.69) is 0 Å². The highest BCUT2D eigenvalue weighted by Gasteiger charge is 2.04. The summed E-state index contributed by atoms with van der Waals surface area (Å²) >= 11 is 0. The van der Waals surface area contributed by atoms with Gasteiger partial charge >= 0.3 is 0 Å². The number of halogens is 1. The minimum absolute atomic E-state index is 0. The van der Waals surface area contributed by atoms with Crippen LogP contribution in [0.3, 0.4) is 0 Å². The van der Waals surface area contributed by atoms with E-state index in [0.717, 1.165) is 11.1 Å². The summed E-state index contributed by atoms with van der Waals surface area (Å²) in [5, 5.41) is 18.9. The predicted octanol–water partition coefficient (Wildman–Crippen LogP) is 2.35. The van der Waals surface area contributed by atoms with E-state index in [9.17, 15) is 10.2 Å². The Labute approximate surface area is 105 Å². The van der Waals surface area contributed by atoms with E-state index in [1.54, 1.807) is 36.4 Å². The first-order valence-corrected chi connectivity index (χ1v) is 4.75. The monoisotopic (exact) mass is 252 g/mol. The Kier molecular flexibility index (Phi) is 3.70. The highest BCUT2D eigenvalue weighted by atomic mass is 35.5. The molecule has 17 heavy (non-hydrogen) atoms. The molecule has 0 aromatic heterocycles. The molecule has 0 aliphatic rings. The second kappa shape index (κ2) is 4.84. The Morgan fingerprint density at radius 2 is 1.06 bits per heavy atom. The van der Waals surface area contributed by atoms with Gasteiger partial charge in [-0.15, -0.1) is 12.4 Å². The molecule has 0 spiro atoms. The number of anilines is 2. The summed E-state index contributed by atoms with van der Waals surface area (Å²) in [6.45, 7) is 0. The third kappa shape index (κ3) is 2.54. The molecule has 0 heterocycles. The molecule has 2 aromatic carbocycles. The number of hydrogen-bond donors (Lipinski definition) is 4. The average molecular weight is 253 g/mol. The van der Waals surface area contributed by atoms with Crippen LogP contribution >= 0.6 is 12.4 Å². The van der Waals surface area contributed by atoms with E-state index < -0.39 is 0 Å². The van der Waals surface area contributed by atoms with Gasteiger partial charge in [-0.2, -0.15) is 0 Å². The fourth-order valence-electron chi connectivity index (χ4n) is 1.45. The molecular formula is C12H13ClN2O2. The molecular weight excluding hydrogens is 240 g/mol. The van der Waals surface area contributed by atoms with Crippen molar-refractivity contribution in [2.75, 3.05) is 11.5 Å². The van der Waals surface area contributed by atoms with Crippen LogP contribution in [0.25, 0.3) is 11.1 Å². The van der Waals surface area contributed by atoms with E-state index in [4.69, 9.17) is 11.5 Å². The van der Waals surface area contributed by atoms with Crippen molar-refractivity contribution in [2.45, 2.75) is 0 Å². The topological polar surface area (TPSA) is 92.5 Å². The Hall–Kier alpha value is -2.07. The van der Waals surface area contributed by atoms with Crippen molar-refractivity contribution in [3.05, 3.63) is 36.4 Å². The number of phenolic OH excluding ortho intramolecular Hbond substituents is 2. The summed E-state index contributed by atoms with van der Waals surface area (Å²) in [6.07, 6.45) is 0. The van der Waals surface area contributed by atoms with Crippen molar-refractivity contribution in [1.82, 2.24) is 0 Å². The molecule has 0 aliphatic carbocycles. The van der Waals surface area contributed by atoms with Crippen LogP contribution in [0.15, 0.2) is 36.4 Å². The molecule has 0 atom stereocenters. The van der Waals surface area contributed by atoms with E-state index in [0.29, 0.717) is 11.4 Å². The number of aromatic hydroxyl groups is 2. The molecule has 0 fully saturated rings. The second-order valence-electron chi connectivity index (χ2n) is 3.55. The fraction of sp³-hybridized carbons (Fsp3) is 0. The van der Waals surface area contributed by atoms with Gasteiger partial charge in [0.2, 0.25) is 0 Å². The van der Waals surface area contributed by atoms with Crippen LogP contribution in [0.2, 0.25) is 0 Å². The lowest BCUT2D eigenvalue weighted by Gasteiger charge is -2.06. The number of hydrogen-bond acceptors (Lipinski definition) is 4. The zero-order valence-corrected chi connectivity index (χ0v) is 9.74. The average Bonchev–Trinajstić information content (AvgIpc) is 2.26. The lowest BCUT2D eigenvalue weighted by atomic mass is 10.0. The van der Waals surface area contributed by atoms with Crippen LogP contribution in [0.1, 0.15) is 0 Å². The number of nitrogen functional groups attached to an aromatic ring is 2. The normalized spacial score (nSPS) is 9.65. The molecule has 0 aliphatic heterocycles. The number of rotatable bonds is 1. The minimum Gasteiger partial charge on any atom is -0.506 e. The Morgan fingerprint density at radius 3 is 1.35 bits per heavy atom. The fourth-order valence-corrected chi connectivity index (χ4v) is 1.45. The van der Waals surface area contributed by atoms with Crippen LogP contribution in [0, 0.1) is 0 Å². The second-order valence-corrected chi connectivity index (χ2v) is 3.55. The van der Waals surface area contributed by atoms with Gasteiger partial charge in [-0.3, -0.25) is 0 Å². The van der Waals surface area contributed by atoms with Gasteiger partial charge in [0.25, 0.3) is 0 Å². The zero-order valence-electron chi connectivity index (χ0n) is 8.92. The molecule has 2 aromatic rings. The van der Waals surface area contributed by atoms with Gasteiger partial charge in [-0.05, 0) is 35.4 Å². The van der Waals surface area contributed by atoms with Crippen molar-refractivity contribution >= 4 is 23.8 Å². The molecule has 0 amide bonds. The molecule has 6 N–H and O–H groups in total. The van der Waals surface area contributed by atoms with Crippen LogP contribution in [0.5, 0.6) is 11.5 Å². The highest BCUT2D eigenvalue weighted by Crippen LogP contribution is 2.31. The molecule has 0 radical (unpaired) electrons. The Morgan fingerprint density at radius 1 is 0.706 bits per heavy atom. The molecule has 90 valence electrons. The van der Waals surface area contributed by atoms with Crippen LogP contribution in [-0.4, -0.2) is 10.2 Å². The van der Waals surface area contributed by atoms with Crippen molar-refractivity contribution in [1.29, 1.82) is 0 Å². The largest absolute Gasteiger partial charge is 0.506 e. The number of phenols is 2. The van der Waals surface area contributed by atoms with E-state index >= 15 is 0 Å². The quantitative estimate of drug-likeness (QED) is 0.463. The first-order chi connectivity index (χ1) is 7.58. The SMILES string of the molecule is Cl.Nc1ccc(-c2ccc(N)c(O)c2)cc1O. The van der Waals surface area contributed by atoms with Gasteiger partial charge in [-0.1, -0.05) is 12.1 Å². The molecule has 4 nitrogen and oxygen atoms in total. The summed E-state index contributed by atoms with van der Waals surface area (Å²) in [5.41, 5.74) is 13.2. The third-order valence-corrected chi connectivity index (χ3v) is 2.39. The minimum atomic E-state index is 0. The Balaban J connectivity index is 0.00000144. The third-order valence-electron chi connectivity index (χ3n) is 2.39. The number of nitrogens with two attached hydrogens (primary N) is 2. The van der Waals surface area contributed by atoms with Gasteiger partial charge in [0.05, 0.1) is 11.4 Å². The van der Waals surface area contributed by atoms with E-state index in [-0.39, 0.29) is 23.9 Å². The van der Waals surface area contributed by atoms with Gasteiger partial charge in [0.15, 0.2) is 0 Å². The first kappa shape index (κ1) is 13.0. The lowest BCUT2D eigenvalue weighted by molar-refractivity contribution is 0.477. The summed E-state index contributed by atoms with van der Waals surface area (Å²) in [7, 11) is 0. The van der Waals surface area contributed by atoms with Gasteiger partial charge in [0.1, 0.15) is 11.5 Å². The van der Waals surface area contributed by atoms with Crippen molar-refractivity contribution in [3.8, 4) is 22.6 Å². The highest BCUT2D eigenvalue weighted by molar-refractivity contribution is 5.85. The van der Waals surface area contributed by atoms with E-state index in [1.165, 1.54) is 0 Å². The molecule has 0 saturated carbocycles. The summed E-state index contributed by atoms with van der Waals surface area (Å²) in [4.78, 5) is 0. The molecule has 2 rings (SSSR count). The van der Waals surface area contributed by atoms with Crippen LogP contribution in [0.4, 0.5) is 11.4 Å². The van der Waals surface area contributed by atoms with Crippen molar-refractivity contribution in [2.24, 2.45) is 0 Å². The standard InChI is InChI=1S/C12H12N2O2.ClH/c13-9-3-1-7(5-11(9)15)8-2-4-10(14)12(16)6-8;/h1-6,15-16H,13-14H2;1H. The lowest BCUT2D eigenvalue weighted by Crippen LogP contribution is -1.88. The summed E-state index contributed by atoms with van der Waals surface area (Å²) < 4.78 is 0. The molecule has 0 unspecified atom stereocenters. The summed E-state index contributed by atoms with van der Waals surface area (Å²) in [6, 6.07) is 9.83. The van der Waals surface area contributed by atoms with E-state index in [1.807, 2.05) is 0 Å². The molecule has 0 saturated heterocycles. The van der Waals surface area contributed by atoms with Gasteiger partial charge < -0.3 is 21.7 Å². The molecule has 5 heteroatoms. The maximum Gasteiger partial charge on any atom is 0.139 e. The summed E-state index contributed by atoms with van der Waals surface area (Å²) in [5.74, 6) is 0.0441. The number of benzene rings is 2. The molecule has 0 bridgehead atoms. The maximum atomic E-state index is 9.47. The zero-order chi connectivity index (χ0) is 11.7. The van der Waals surface area contributed by atoms with Gasteiger partial charge in [-0.25, -0.2) is 0 Å². The Bertz CT molecular complexity index is 495.